The summed E-state index contributed by atoms with van der Waals surface area (Å²) in [7, 11) is -1.58. The van der Waals surface area contributed by atoms with Crippen LogP contribution in [0.25, 0.3) is 43.9 Å². The smallest absolute Gasteiger partial charge is 0.362 e. The number of fused-ring (bicyclic) bond motifs is 7. The van der Waals surface area contributed by atoms with Gasteiger partial charge in [0.25, 0.3) is 0 Å². The van der Waals surface area contributed by atoms with Gasteiger partial charge in [-0.25, -0.2) is 18.6 Å². The maximum atomic E-state index is 15.1. The molecule has 0 amide bonds. The number of halogens is 2. The molecule has 1 atom stereocenters. The number of nitrogens with zero attached hydrogens (tertiary/aromatic N) is 3. The zero-order valence-corrected chi connectivity index (χ0v) is 18.8. The lowest BCUT2D eigenvalue weighted by Gasteiger charge is -2.11. The minimum Gasteiger partial charge on any atom is -0.463 e. The topological polar surface area (TPSA) is 102 Å². The first-order valence-corrected chi connectivity index (χ1v) is 11.9. The summed E-state index contributed by atoms with van der Waals surface area (Å²) in [4.78, 5) is 17.3. The first-order valence-electron chi connectivity index (χ1n) is 10.3. The molecule has 1 unspecified atom stereocenters. The van der Waals surface area contributed by atoms with Crippen LogP contribution in [0, 0.1) is 23.0 Å². The third-order valence-corrected chi connectivity index (χ3v) is 7.00. The molecule has 172 valence electrons. The third kappa shape index (κ3) is 3.02. The Kier molecular flexibility index (Phi) is 4.59. The van der Waals surface area contributed by atoms with Crippen LogP contribution in [0.3, 0.4) is 0 Å². The summed E-state index contributed by atoms with van der Waals surface area (Å²) in [5.74, 6) is -1.29. The van der Waals surface area contributed by atoms with Crippen molar-refractivity contribution in [2.24, 2.45) is 0 Å². The van der Waals surface area contributed by atoms with E-state index in [9.17, 15) is 14.3 Å². The third-order valence-electron chi connectivity index (χ3n) is 6.05. The van der Waals surface area contributed by atoms with E-state index in [1.807, 2.05) is 6.07 Å². The van der Waals surface area contributed by atoms with Crippen molar-refractivity contribution in [3.05, 3.63) is 82.0 Å². The zero-order valence-electron chi connectivity index (χ0n) is 18.0. The Morgan fingerprint density at radius 2 is 1.97 bits per heavy atom. The quantitative estimate of drug-likeness (QED) is 0.348. The van der Waals surface area contributed by atoms with Gasteiger partial charge in [-0.05, 0) is 36.4 Å². The molecular weight excluding hydrogens is 476 g/mol. The lowest BCUT2D eigenvalue weighted by Crippen LogP contribution is -2.10. The van der Waals surface area contributed by atoms with E-state index in [0.717, 1.165) is 6.07 Å². The molecule has 0 saturated carbocycles. The maximum Gasteiger partial charge on any atom is 0.362 e. The van der Waals surface area contributed by atoms with Crippen molar-refractivity contribution >= 4 is 54.7 Å². The Balaban J connectivity index is 1.77. The van der Waals surface area contributed by atoms with Crippen molar-refractivity contribution in [2.75, 3.05) is 6.26 Å². The van der Waals surface area contributed by atoms with Crippen LogP contribution in [-0.4, -0.2) is 20.0 Å². The second-order valence-electron chi connectivity index (χ2n) is 7.98. The molecule has 0 N–H and O–H groups in total. The van der Waals surface area contributed by atoms with Gasteiger partial charge in [0.2, 0.25) is 5.71 Å². The Labute approximate surface area is 197 Å². The average Bonchev–Trinajstić information content (AvgIpc) is 3.44. The molecule has 4 aromatic heterocycles. The molecule has 4 heterocycles. The number of aromatic nitrogens is 2. The summed E-state index contributed by atoms with van der Waals surface area (Å²) in [6.45, 7) is -0.223. The second kappa shape index (κ2) is 7.58. The zero-order chi connectivity index (χ0) is 24.4. The minimum absolute atomic E-state index is 0.0456. The molecule has 10 heteroatoms. The maximum absolute atomic E-state index is 15.1. The molecular formula is C25H13F2N3O4S. The van der Waals surface area contributed by atoms with E-state index in [4.69, 9.17) is 8.83 Å². The van der Waals surface area contributed by atoms with Crippen LogP contribution in [0.1, 0.15) is 11.1 Å². The molecule has 6 aromatic rings. The predicted octanol–water partition coefficient (Wildman–Crippen LogP) is 4.98. The van der Waals surface area contributed by atoms with Gasteiger partial charge in [0.1, 0.15) is 28.8 Å². The van der Waals surface area contributed by atoms with Crippen molar-refractivity contribution in [1.82, 2.24) is 9.55 Å². The van der Waals surface area contributed by atoms with Gasteiger partial charge in [0, 0.05) is 28.8 Å². The van der Waals surface area contributed by atoms with Gasteiger partial charge in [-0.15, -0.1) is 0 Å². The Bertz CT molecular complexity index is 1980. The standard InChI is InChI=1S/C25H13F2N3O4S/c1-35(32)19-9-16(26)13(7-12(19)10-28)11-30-18-8-17(27)14-4-6-33-23(14)21(18)20-15-3-2-5-29-24(15)34-25(31)22(20)30/h2-9H,11H2,1H3. The fraction of sp³-hybridized carbons (Fsp3) is 0.0800. The first-order chi connectivity index (χ1) is 16.9. The summed E-state index contributed by atoms with van der Waals surface area (Å²) < 4.78 is 54.5. The second-order valence-corrected chi connectivity index (χ2v) is 9.33. The Hall–Kier alpha value is -4.36. The van der Waals surface area contributed by atoms with E-state index < -0.39 is 28.1 Å². The molecule has 0 bridgehead atoms. The van der Waals surface area contributed by atoms with Crippen molar-refractivity contribution in [1.29, 1.82) is 5.26 Å². The number of benzene rings is 2. The highest BCUT2D eigenvalue weighted by molar-refractivity contribution is 7.84. The molecule has 0 aliphatic rings. The summed E-state index contributed by atoms with van der Waals surface area (Å²) in [5, 5.41) is 11.1. The largest absolute Gasteiger partial charge is 0.463 e. The number of pyridine rings is 1. The predicted molar refractivity (Wildman–Crippen MR) is 126 cm³/mol. The summed E-state index contributed by atoms with van der Waals surface area (Å²) in [5.41, 5.74) is 0.0453. The van der Waals surface area contributed by atoms with Crippen molar-refractivity contribution < 1.29 is 21.8 Å². The van der Waals surface area contributed by atoms with Crippen LogP contribution in [0.15, 0.2) is 67.4 Å². The van der Waals surface area contributed by atoms with Gasteiger partial charge in [-0.3, -0.25) is 4.21 Å². The fourth-order valence-electron chi connectivity index (χ4n) is 4.56. The molecule has 0 aliphatic carbocycles. The lowest BCUT2D eigenvalue weighted by molar-refractivity contribution is 0.552. The normalized spacial score (nSPS) is 12.6. The van der Waals surface area contributed by atoms with Crippen LogP contribution in [0.4, 0.5) is 8.78 Å². The fourth-order valence-corrected chi connectivity index (χ4v) is 5.24. The first kappa shape index (κ1) is 21.2. The van der Waals surface area contributed by atoms with Crippen molar-refractivity contribution in [2.45, 2.75) is 11.4 Å². The van der Waals surface area contributed by atoms with Crippen LogP contribution in [-0.2, 0) is 17.3 Å². The summed E-state index contributed by atoms with van der Waals surface area (Å²) >= 11 is 0. The van der Waals surface area contributed by atoms with Gasteiger partial charge in [0.15, 0.2) is 0 Å². The molecule has 35 heavy (non-hydrogen) atoms. The molecule has 0 saturated heterocycles. The number of hydrogen-bond acceptors (Lipinski definition) is 6. The van der Waals surface area contributed by atoms with E-state index in [1.165, 1.54) is 41.5 Å². The van der Waals surface area contributed by atoms with Gasteiger partial charge in [-0.2, -0.15) is 5.26 Å². The van der Waals surface area contributed by atoms with E-state index in [2.05, 4.69) is 4.98 Å². The molecule has 0 spiro atoms. The summed E-state index contributed by atoms with van der Waals surface area (Å²) in [6.07, 6.45) is 4.19. The monoisotopic (exact) mass is 489 g/mol. The van der Waals surface area contributed by atoms with E-state index in [0.29, 0.717) is 16.2 Å². The average molecular weight is 489 g/mol. The van der Waals surface area contributed by atoms with Gasteiger partial charge in [0.05, 0.1) is 50.4 Å². The number of nitriles is 1. The van der Waals surface area contributed by atoms with Gasteiger partial charge < -0.3 is 13.4 Å². The SMILES string of the molecule is CS(=O)c1cc(F)c(Cn2c3cc(F)c4ccoc4c3c3c4cccnc4oc(=O)c32)cc1C#N. The molecule has 2 aromatic carbocycles. The molecule has 6 rings (SSSR count). The van der Waals surface area contributed by atoms with Crippen LogP contribution in [0.5, 0.6) is 0 Å². The molecule has 0 radical (unpaired) electrons. The highest BCUT2D eigenvalue weighted by Gasteiger charge is 2.24. The highest BCUT2D eigenvalue weighted by atomic mass is 32.2. The van der Waals surface area contributed by atoms with Crippen molar-refractivity contribution in [3.63, 3.8) is 0 Å². The number of furan rings is 1. The van der Waals surface area contributed by atoms with Gasteiger partial charge in [-0.1, -0.05) is 0 Å². The van der Waals surface area contributed by atoms with Crippen LogP contribution in [0.2, 0.25) is 0 Å². The molecule has 0 aliphatic heterocycles. The van der Waals surface area contributed by atoms with E-state index in [1.54, 1.807) is 12.1 Å². The minimum atomic E-state index is -1.58. The highest BCUT2D eigenvalue weighted by Crippen LogP contribution is 2.39. The van der Waals surface area contributed by atoms with Crippen LogP contribution >= 0.6 is 0 Å². The number of rotatable bonds is 3. The van der Waals surface area contributed by atoms with Crippen molar-refractivity contribution in [3.8, 4) is 6.07 Å². The summed E-state index contributed by atoms with van der Waals surface area (Å²) in [6, 6.07) is 10.4. The van der Waals surface area contributed by atoms with Gasteiger partial charge >= 0.3 is 5.63 Å². The molecule has 7 nitrogen and oxygen atoms in total. The van der Waals surface area contributed by atoms with Crippen LogP contribution < -0.4 is 5.63 Å². The number of hydrogen-bond donors (Lipinski definition) is 0. The Morgan fingerprint density at radius 3 is 2.74 bits per heavy atom. The van der Waals surface area contributed by atoms with E-state index >= 15 is 8.78 Å². The lowest BCUT2D eigenvalue weighted by atomic mass is 10.1. The molecule has 0 fully saturated rings. The van der Waals surface area contributed by atoms with E-state index in [-0.39, 0.29) is 50.3 Å². The Morgan fingerprint density at radius 1 is 1.14 bits per heavy atom.